The van der Waals surface area contributed by atoms with E-state index in [1.807, 2.05) is 19.9 Å². The maximum atomic E-state index is 12.2. The van der Waals surface area contributed by atoms with Crippen LogP contribution in [-0.4, -0.2) is 49.3 Å². The van der Waals surface area contributed by atoms with Crippen LogP contribution in [0.2, 0.25) is 0 Å². The number of nitrogens with zero attached hydrogens (tertiary/aromatic N) is 1. The summed E-state index contributed by atoms with van der Waals surface area (Å²) in [6, 6.07) is 4.29. The fraction of sp³-hybridized carbons (Fsp3) is 0.636. The Morgan fingerprint density at radius 3 is 2.48 bits per heavy atom. The van der Waals surface area contributed by atoms with Gasteiger partial charge in [0.05, 0.1) is 0 Å². The van der Waals surface area contributed by atoms with Crippen LogP contribution in [0.15, 0.2) is 12.1 Å². The van der Waals surface area contributed by atoms with Crippen molar-refractivity contribution >= 4 is 12.2 Å². The van der Waals surface area contributed by atoms with E-state index in [1.54, 1.807) is 6.07 Å². The molecule has 2 amide bonds. The summed E-state index contributed by atoms with van der Waals surface area (Å²) < 4.78 is 11.1. The number of piperidine rings is 1. The number of carbonyl (C=O) groups excluding carboxylic acids is 2. The summed E-state index contributed by atoms with van der Waals surface area (Å²) in [6.45, 7) is 9.10. The minimum Gasteiger partial charge on any atom is -0.406 e. The molecule has 29 heavy (non-hydrogen) atoms. The maximum Gasteiger partial charge on any atom is 0.412 e. The highest BCUT2D eigenvalue weighted by atomic mass is 16.6. The van der Waals surface area contributed by atoms with Gasteiger partial charge in [-0.1, -0.05) is 13.0 Å². The van der Waals surface area contributed by atoms with Crippen molar-refractivity contribution in [1.82, 2.24) is 15.5 Å². The molecule has 0 saturated carbocycles. The van der Waals surface area contributed by atoms with Gasteiger partial charge in [-0.3, -0.25) is 4.90 Å². The van der Waals surface area contributed by atoms with Crippen LogP contribution in [0, 0.1) is 5.92 Å². The monoisotopic (exact) mass is 403 g/mol. The predicted molar refractivity (Wildman–Crippen MR) is 112 cm³/mol. The van der Waals surface area contributed by atoms with Gasteiger partial charge in [0.1, 0.15) is 0 Å². The standard InChI is InChI=1S/C22H33N3O4/c1-4-11-25-12-7-8-16-13-17-15(14-18(16)25)9-10-19(28-21(26)23-5-2)20(17)29-22(27)24-6-3/h9-10,16,18H,4-8,11-14H2,1-3H3,(H,23,26)(H,24,27). The Kier molecular flexibility index (Phi) is 7.36. The molecule has 0 spiro atoms. The van der Waals surface area contributed by atoms with Crippen LogP contribution in [-0.2, 0) is 12.8 Å². The zero-order valence-electron chi connectivity index (χ0n) is 17.8. The zero-order valence-corrected chi connectivity index (χ0v) is 17.8. The number of nitrogens with one attached hydrogen (secondary N) is 2. The molecule has 0 aromatic heterocycles. The van der Waals surface area contributed by atoms with Gasteiger partial charge in [0.25, 0.3) is 0 Å². The molecular weight excluding hydrogens is 370 g/mol. The molecular formula is C22H33N3O4. The van der Waals surface area contributed by atoms with E-state index in [0.717, 1.165) is 37.9 Å². The van der Waals surface area contributed by atoms with Crippen LogP contribution in [0.5, 0.6) is 11.5 Å². The van der Waals surface area contributed by atoms with Crippen LogP contribution in [0.3, 0.4) is 0 Å². The average molecular weight is 404 g/mol. The van der Waals surface area contributed by atoms with Crippen molar-refractivity contribution in [3.63, 3.8) is 0 Å². The van der Waals surface area contributed by atoms with Crippen molar-refractivity contribution in [3.05, 3.63) is 23.3 Å². The minimum absolute atomic E-state index is 0.292. The van der Waals surface area contributed by atoms with Gasteiger partial charge in [0, 0.05) is 24.7 Å². The van der Waals surface area contributed by atoms with Crippen LogP contribution in [0.25, 0.3) is 0 Å². The molecule has 1 aromatic rings. The third-order valence-electron chi connectivity index (χ3n) is 5.80. The molecule has 7 nitrogen and oxygen atoms in total. The molecule has 1 saturated heterocycles. The number of amides is 2. The molecule has 0 bridgehead atoms. The van der Waals surface area contributed by atoms with Crippen molar-refractivity contribution in [1.29, 1.82) is 0 Å². The lowest BCUT2D eigenvalue weighted by Gasteiger charge is -2.45. The molecule has 3 rings (SSSR count). The molecule has 0 radical (unpaired) electrons. The van der Waals surface area contributed by atoms with Crippen molar-refractivity contribution in [3.8, 4) is 11.5 Å². The summed E-state index contributed by atoms with van der Waals surface area (Å²) in [5.74, 6) is 1.20. The fourth-order valence-corrected chi connectivity index (χ4v) is 4.61. The Bertz CT molecular complexity index is 735. The Hall–Kier alpha value is -2.28. The number of fused-ring (bicyclic) bond motifs is 2. The van der Waals surface area contributed by atoms with Crippen LogP contribution < -0.4 is 20.1 Å². The Morgan fingerprint density at radius 2 is 1.79 bits per heavy atom. The first-order chi connectivity index (χ1) is 14.1. The Morgan fingerprint density at radius 1 is 1.07 bits per heavy atom. The van der Waals surface area contributed by atoms with E-state index in [-0.39, 0.29) is 0 Å². The van der Waals surface area contributed by atoms with Crippen molar-refractivity contribution < 1.29 is 19.1 Å². The van der Waals surface area contributed by atoms with Gasteiger partial charge in [0.2, 0.25) is 0 Å². The number of benzene rings is 1. The normalized spacial score (nSPS) is 20.9. The van der Waals surface area contributed by atoms with E-state index in [2.05, 4.69) is 22.5 Å². The molecule has 1 fully saturated rings. The highest BCUT2D eigenvalue weighted by molar-refractivity contribution is 5.75. The zero-order chi connectivity index (χ0) is 20.8. The first-order valence-corrected chi connectivity index (χ1v) is 10.9. The number of ether oxygens (including phenoxy) is 2. The number of likely N-dealkylation sites (tertiary alicyclic amines) is 1. The van der Waals surface area contributed by atoms with Crippen molar-refractivity contribution in [2.24, 2.45) is 5.92 Å². The lowest BCUT2D eigenvalue weighted by molar-refractivity contribution is 0.0848. The molecule has 2 atom stereocenters. The molecule has 1 heterocycles. The van der Waals surface area contributed by atoms with E-state index in [4.69, 9.17) is 9.47 Å². The largest absolute Gasteiger partial charge is 0.412 e. The lowest BCUT2D eigenvalue weighted by atomic mass is 9.75. The highest BCUT2D eigenvalue weighted by Gasteiger charge is 2.37. The van der Waals surface area contributed by atoms with E-state index in [9.17, 15) is 9.59 Å². The third kappa shape index (κ3) is 5.01. The summed E-state index contributed by atoms with van der Waals surface area (Å²) in [5.41, 5.74) is 2.18. The topological polar surface area (TPSA) is 79.9 Å². The average Bonchev–Trinajstić information content (AvgIpc) is 2.69. The molecule has 2 unspecified atom stereocenters. The molecule has 160 valence electrons. The number of carbonyl (C=O) groups is 2. The van der Waals surface area contributed by atoms with Gasteiger partial charge < -0.3 is 20.1 Å². The second-order valence-corrected chi connectivity index (χ2v) is 7.78. The molecule has 2 N–H and O–H groups in total. The Labute approximate surface area is 173 Å². The van der Waals surface area contributed by atoms with Crippen molar-refractivity contribution in [2.75, 3.05) is 26.2 Å². The summed E-state index contributed by atoms with van der Waals surface area (Å²) >= 11 is 0. The van der Waals surface area contributed by atoms with Gasteiger partial charge in [-0.15, -0.1) is 0 Å². The summed E-state index contributed by atoms with van der Waals surface area (Å²) in [5, 5.41) is 5.28. The summed E-state index contributed by atoms with van der Waals surface area (Å²) in [4.78, 5) is 26.8. The minimum atomic E-state index is -0.548. The van der Waals surface area contributed by atoms with Gasteiger partial charge in [0.15, 0.2) is 11.5 Å². The summed E-state index contributed by atoms with van der Waals surface area (Å²) in [7, 11) is 0. The second kappa shape index (κ2) is 9.96. The molecule has 1 aromatic carbocycles. The fourth-order valence-electron chi connectivity index (χ4n) is 4.61. The maximum absolute atomic E-state index is 12.2. The van der Waals surface area contributed by atoms with Gasteiger partial charge in [-0.2, -0.15) is 0 Å². The van der Waals surface area contributed by atoms with E-state index < -0.39 is 12.2 Å². The smallest absolute Gasteiger partial charge is 0.406 e. The van der Waals surface area contributed by atoms with E-state index in [0.29, 0.717) is 36.5 Å². The second-order valence-electron chi connectivity index (χ2n) is 7.78. The van der Waals surface area contributed by atoms with Crippen LogP contribution >= 0.6 is 0 Å². The first-order valence-electron chi connectivity index (χ1n) is 10.9. The first kappa shape index (κ1) is 21.4. The lowest BCUT2D eigenvalue weighted by Crippen LogP contribution is -2.49. The van der Waals surface area contributed by atoms with Gasteiger partial charge >= 0.3 is 12.2 Å². The number of hydrogen-bond acceptors (Lipinski definition) is 5. The van der Waals surface area contributed by atoms with Gasteiger partial charge in [-0.05, 0) is 76.6 Å². The number of hydrogen-bond donors (Lipinski definition) is 2. The van der Waals surface area contributed by atoms with E-state index >= 15 is 0 Å². The Balaban J connectivity index is 1.92. The third-order valence-corrected chi connectivity index (χ3v) is 5.80. The summed E-state index contributed by atoms with van der Waals surface area (Å²) in [6.07, 6.45) is 4.22. The number of rotatable bonds is 6. The quantitative estimate of drug-likeness (QED) is 0.760. The molecule has 7 heteroatoms. The van der Waals surface area contributed by atoms with Gasteiger partial charge in [-0.25, -0.2) is 9.59 Å². The van der Waals surface area contributed by atoms with Crippen LogP contribution in [0.1, 0.15) is 51.2 Å². The van der Waals surface area contributed by atoms with E-state index in [1.165, 1.54) is 18.4 Å². The molecule has 1 aliphatic heterocycles. The highest BCUT2D eigenvalue weighted by Crippen LogP contribution is 2.43. The molecule has 1 aliphatic carbocycles. The molecule has 2 aliphatic rings. The van der Waals surface area contributed by atoms with Crippen LogP contribution in [0.4, 0.5) is 9.59 Å². The van der Waals surface area contributed by atoms with Crippen molar-refractivity contribution in [2.45, 2.75) is 58.9 Å². The predicted octanol–water partition coefficient (Wildman–Crippen LogP) is 3.49. The SMILES string of the molecule is CCCN1CCCC2Cc3c(ccc(OC(=O)NCC)c3OC(=O)NCC)CC21.